The Morgan fingerprint density at radius 2 is 1.71 bits per heavy atom. The van der Waals surface area contributed by atoms with Crippen LogP contribution in [0.25, 0.3) is 0 Å². The van der Waals surface area contributed by atoms with Gasteiger partial charge in [-0.2, -0.15) is 0 Å². The molecule has 0 aliphatic carbocycles. The highest BCUT2D eigenvalue weighted by atomic mass is 16.6. The van der Waals surface area contributed by atoms with Gasteiger partial charge < -0.3 is 15.2 Å². The van der Waals surface area contributed by atoms with Crippen molar-refractivity contribution < 1.29 is 23.9 Å². The van der Waals surface area contributed by atoms with E-state index in [1.54, 1.807) is 12.1 Å². The smallest absolute Gasteiger partial charge is 0.334 e. The molecule has 0 bridgehead atoms. The molecule has 0 unspecified atom stereocenters. The van der Waals surface area contributed by atoms with Gasteiger partial charge in [-0.15, -0.1) is 0 Å². The fraction of sp³-hybridized carbons (Fsp3) is 0.308. The van der Waals surface area contributed by atoms with Crippen LogP contribution in [0.3, 0.4) is 0 Å². The van der Waals surface area contributed by atoms with Gasteiger partial charge in [-0.3, -0.25) is 19.4 Å². The van der Waals surface area contributed by atoms with E-state index in [1.165, 1.54) is 7.05 Å². The summed E-state index contributed by atoms with van der Waals surface area (Å²) in [6, 6.07) is 2.53. The number of hydrogen-bond donors (Lipinski definition) is 1. The van der Waals surface area contributed by atoms with Crippen LogP contribution in [0.5, 0.6) is 11.5 Å². The monoisotopic (exact) mass is 291 g/mol. The van der Waals surface area contributed by atoms with E-state index < -0.39 is 17.8 Å². The molecule has 1 aromatic carbocycles. The van der Waals surface area contributed by atoms with E-state index in [-0.39, 0.29) is 6.54 Å². The lowest BCUT2D eigenvalue weighted by atomic mass is 10.1. The summed E-state index contributed by atoms with van der Waals surface area (Å²) < 4.78 is 10.8. The lowest BCUT2D eigenvalue weighted by Crippen LogP contribution is -2.31. The molecule has 21 heavy (non-hydrogen) atoms. The predicted octanol–water partition coefficient (Wildman–Crippen LogP) is -0.0394. The van der Waals surface area contributed by atoms with Crippen LogP contribution in [0.4, 0.5) is 10.5 Å². The highest BCUT2D eigenvalue weighted by molar-refractivity contribution is 6.44. The van der Waals surface area contributed by atoms with Crippen LogP contribution in [-0.4, -0.2) is 47.9 Å². The zero-order chi connectivity index (χ0) is 15.1. The Bertz CT molecular complexity index is 657. The number of likely N-dealkylation sites (N-methyl/N-ethyl adjacent to an activating group) is 1. The van der Waals surface area contributed by atoms with Gasteiger partial charge in [0.15, 0.2) is 11.5 Å². The second kappa shape index (κ2) is 4.65. The van der Waals surface area contributed by atoms with Crippen molar-refractivity contribution in [2.75, 3.05) is 26.0 Å². The summed E-state index contributed by atoms with van der Waals surface area (Å²) in [5.74, 6) is -0.688. The first-order valence-electron chi connectivity index (χ1n) is 6.30. The second-order valence-electron chi connectivity index (χ2n) is 4.73. The Morgan fingerprint density at radius 3 is 2.29 bits per heavy atom. The van der Waals surface area contributed by atoms with E-state index in [1.807, 2.05) is 0 Å². The van der Waals surface area contributed by atoms with Crippen LogP contribution in [0.2, 0.25) is 0 Å². The van der Waals surface area contributed by atoms with Crippen molar-refractivity contribution in [2.45, 2.75) is 6.54 Å². The Morgan fingerprint density at radius 1 is 1.10 bits per heavy atom. The third-order valence-electron chi connectivity index (χ3n) is 3.38. The number of urea groups is 1. The van der Waals surface area contributed by atoms with Crippen molar-refractivity contribution in [1.29, 1.82) is 0 Å². The number of benzene rings is 1. The molecule has 1 saturated heterocycles. The van der Waals surface area contributed by atoms with Crippen molar-refractivity contribution in [2.24, 2.45) is 0 Å². The van der Waals surface area contributed by atoms with Crippen molar-refractivity contribution in [3.63, 3.8) is 0 Å². The van der Waals surface area contributed by atoms with E-state index in [0.717, 1.165) is 9.80 Å². The molecule has 110 valence electrons. The summed E-state index contributed by atoms with van der Waals surface area (Å²) in [5.41, 5.74) is 6.78. The molecule has 1 aromatic rings. The van der Waals surface area contributed by atoms with Gasteiger partial charge in [0.2, 0.25) is 0 Å². The molecule has 0 saturated carbocycles. The van der Waals surface area contributed by atoms with Gasteiger partial charge in [-0.1, -0.05) is 0 Å². The lowest BCUT2D eigenvalue weighted by molar-refractivity contribution is -0.143. The highest BCUT2D eigenvalue weighted by Gasteiger charge is 2.42. The number of nitrogen functional groups attached to an aromatic ring is 1. The van der Waals surface area contributed by atoms with Gasteiger partial charge >= 0.3 is 17.8 Å². The fourth-order valence-electron chi connectivity index (χ4n) is 2.21. The largest absolute Gasteiger partial charge is 0.486 e. The fourth-order valence-corrected chi connectivity index (χ4v) is 2.21. The Labute approximate surface area is 120 Å². The van der Waals surface area contributed by atoms with Crippen molar-refractivity contribution in [3.05, 3.63) is 17.7 Å². The first kappa shape index (κ1) is 13.2. The molecule has 1 fully saturated rings. The predicted molar refractivity (Wildman–Crippen MR) is 70.6 cm³/mol. The lowest BCUT2D eigenvalue weighted by Gasteiger charge is -2.21. The molecule has 8 heteroatoms. The zero-order valence-electron chi connectivity index (χ0n) is 11.3. The quantitative estimate of drug-likeness (QED) is 0.466. The summed E-state index contributed by atoms with van der Waals surface area (Å²) >= 11 is 0. The number of hydrogen-bond acceptors (Lipinski definition) is 6. The summed E-state index contributed by atoms with van der Waals surface area (Å²) in [6.07, 6.45) is 0. The summed E-state index contributed by atoms with van der Waals surface area (Å²) in [7, 11) is 1.26. The topological polar surface area (TPSA) is 102 Å². The number of amides is 4. The minimum Gasteiger partial charge on any atom is -0.486 e. The molecule has 2 N–H and O–H groups in total. The van der Waals surface area contributed by atoms with Gasteiger partial charge in [0.1, 0.15) is 13.2 Å². The zero-order valence-corrected chi connectivity index (χ0v) is 11.3. The SMILES string of the molecule is CN1C(=O)C(=O)N(Cc2cc3c(cc2N)OCCO3)C1=O. The number of anilines is 1. The van der Waals surface area contributed by atoms with Crippen LogP contribution in [0.15, 0.2) is 12.1 Å². The van der Waals surface area contributed by atoms with Crippen LogP contribution >= 0.6 is 0 Å². The normalized spacial score (nSPS) is 17.7. The molecule has 2 heterocycles. The molecule has 3 rings (SSSR count). The maximum Gasteiger partial charge on any atom is 0.334 e. The van der Waals surface area contributed by atoms with Crippen molar-refractivity contribution in [1.82, 2.24) is 9.80 Å². The molecule has 2 aliphatic rings. The maximum absolute atomic E-state index is 11.8. The number of ether oxygens (including phenoxy) is 2. The van der Waals surface area contributed by atoms with Gasteiger partial charge in [0, 0.05) is 18.8 Å². The minimum atomic E-state index is -0.864. The van der Waals surface area contributed by atoms with Gasteiger partial charge in [0.05, 0.1) is 6.54 Å². The third-order valence-corrected chi connectivity index (χ3v) is 3.38. The molecule has 2 aliphatic heterocycles. The Kier molecular flexibility index (Phi) is 2.93. The number of nitrogens with two attached hydrogens (primary N) is 1. The number of fused-ring (bicyclic) bond motifs is 1. The minimum absolute atomic E-state index is 0.0871. The molecule has 0 atom stereocenters. The van der Waals surface area contributed by atoms with E-state index in [4.69, 9.17) is 15.2 Å². The standard InChI is InChI=1S/C13H13N3O5/c1-15-11(17)12(18)16(13(15)19)6-7-4-9-10(5-8(7)14)21-3-2-20-9/h4-5H,2-3,6,14H2,1H3. The van der Waals surface area contributed by atoms with Gasteiger partial charge in [-0.25, -0.2) is 4.79 Å². The average Bonchev–Trinajstić information content (AvgIpc) is 2.66. The van der Waals surface area contributed by atoms with Gasteiger partial charge in [-0.05, 0) is 11.6 Å². The number of carbonyl (C=O) groups excluding carboxylic acids is 3. The van der Waals surface area contributed by atoms with Crippen molar-refractivity contribution >= 4 is 23.5 Å². The molecule has 0 aromatic heterocycles. The Hall–Kier alpha value is -2.77. The number of carbonyl (C=O) groups is 3. The van der Waals surface area contributed by atoms with E-state index in [9.17, 15) is 14.4 Å². The summed E-state index contributed by atoms with van der Waals surface area (Å²) in [4.78, 5) is 36.7. The maximum atomic E-state index is 11.8. The average molecular weight is 291 g/mol. The van der Waals surface area contributed by atoms with Crippen LogP contribution in [0.1, 0.15) is 5.56 Å². The number of imide groups is 2. The summed E-state index contributed by atoms with van der Waals surface area (Å²) in [6.45, 7) is 0.767. The summed E-state index contributed by atoms with van der Waals surface area (Å²) in [5, 5.41) is 0. The third kappa shape index (κ3) is 2.04. The molecule has 0 radical (unpaired) electrons. The Balaban J connectivity index is 1.90. The van der Waals surface area contributed by atoms with Gasteiger partial charge in [0.25, 0.3) is 0 Å². The molecule has 0 spiro atoms. The first-order chi connectivity index (χ1) is 9.99. The molecule has 4 amide bonds. The van der Waals surface area contributed by atoms with Crippen molar-refractivity contribution in [3.8, 4) is 11.5 Å². The molecule has 8 nitrogen and oxygen atoms in total. The number of rotatable bonds is 2. The van der Waals surface area contributed by atoms with E-state index in [2.05, 4.69) is 0 Å². The second-order valence-corrected chi connectivity index (χ2v) is 4.73. The molecular formula is C13H13N3O5. The van der Waals surface area contributed by atoms with Crippen LogP contribution in [-0.2, 0) is 16.1 Å². The highest BCUT2D eigenvalue weighted by Crippen LogP contribution is 2.35. The first-order valence-corrected chi connectivity index (χ1v) is 6.30. The van der Waals surface area contributed by atoms with E-state index in [0.29, 0.717) is 36.0 Å². The van der Waals surface area contributed by atoms with Crippen LogP contribution in [0, 0.1) is 0 Å². The van der Waals surface area contributed by atoms with E-state index >= 15 is 0 Å². The number of nitrogens with zero attached hydrogens (tertiary/aromatic N) is 2. The molecular weight excluding hydrogens is 278 g/mol. The van der Waals surface area contributed by atoms with Crippen LogP contribution < -0.4 is 15.2 Å².